The van der Waals surface area contributed by atoms with Gasteiger partial charge in [-0.15, -0.1) is 0 Å². The molecule has 4 heteroatoms. The van der Waals surface area contributed by atoms with Crippen molar-refractivity contribution < 1.29 is 4.39 Å². The van der Waals surface area contributed by atoms with Crippen molar-refractivity contribution in [2.45, 2.75) is 32.4 Å². The zero-order valence-corrected chi connectivity index (χ0v) is 11.1. The molecule has 19 heavy (non-hydrogen) atoms. The van der Waals surface area contributed by atoms with Crippen molar-refractivity contribution in [2.24, 2.45) is 0 Å². The van der Waals surface area contributed by atoms with E-state index in [4.69, 9.17) is 0 Å². The monoisotopic (exact) mass is 259 g/mol. The van der Waals surface area contributed by atoms with E-state index in [9.17, 15) is 4.39 Å². The predicted molar refractivity (Wildman–Crippen MR) is 72.5 cm³/mol. The number of hydrogen-bond donors (Lipinski definition) is 1. The van der Waals surface area contributed by atoms with E-state index in [1.165, 1.54) is 17.8 Å². The summed E-state index contributed by atoms with van der Waals surface area (Å²) in [7, 11) is 0. The number of nitrogens with one attached hydrogen (secondary N) is 1. The minimum Gasteiger partial charge on any atom is -0.331 e. The number of fused-ring (bicyclic) bond motifs is 1. The quantitative estimate of drug-likeness (QED) is 0.917. The summed E-state index contributed by atoms with van der Waals surface area (Å²) in [5, 5.41) is 3.33. The third-order valence-electron chi connectivity index (χ3n) is 3.73. The summed E-state index contributed by atoms with van der Waals surface area (Å²) in [6.45, 7) is 4.07. The van der Waals surface area contributed by atoms with Crippen LogP contribution in [-0.4, -0.2) is 16.1 Å². The topological polar surface area (TPSA) is 29.9 Å². The van der Waals surface area contributed by atoms with E-state index in [1.807, 2.05) is 18.5 Å². The van der Waals surface area contributed by atoms with Crippen LogP contribution in [0, 0.1) is 5.82 Å². The third-order valence-corrected chi connectivity index (χ3v) is 3.73. The van der Waals surface area contributed by atoms with E-state index in [0.717, 1.165) is 37.2 Å². The summed E-state index contributed by atoms with van der Waals surface area (Å²) in [6.07, 6.45) is 3.87. The normalized spacial score (nSPS) is 16.1. The largest absolute Gasteiger partial charge is 0.331 e. The summed E-state index contributed by atoms with van der Waals surface area (Å²) in [5.74, 6) is -0.178. The first-order valence-corrected chi connectivity index (χ1v) is 6.74. The molecule has 3 rings (SSSR count). The van der Waals surface area contributed by atoms with E-state index in [-0.39, 0.29) is 5.82 Å². The lowest BCUT2D eigenvalue weighted by Gasteiger charge is -2.20. The SMILES string of the molecule is CC(Cc1ccc(F)cc1)n1cnc2c1CCNC2. The highest BCUT2D eigenvalue weighted by molar-refractivity contribution is 5.20. The van der Waals surface area contributed by atoms with E-state index < -0.39 is 0 Å². The number of rotatable bonds is 3. The molecule has 1 aliphatic heterocycles. The van der Waals surface area contributed by atoms with Gasteiger partial charge in [-0.2, -0.15) is 0 Å². The molecule has 0 spiro atoms. The van der Waals surface area contributed by atoms with Crippen molar-refractivity contribution in [2.75, 3.05) is 6.54 Å². The van der Waals surface area contributed by atoms with Crippen molar-refractivity contribution >= 4 is 0 Å². The molecule has 2 aromatic rings. The molecule has 1 unspecified atom stereocenters. The molecule has 1 aromatic heterocycles. The molecule has 100 valence electrons. The van der Waals surface area contributed by atoms with Gasteiger partial charge in [-0.1, -0.05) is 12.1 Å². The van der Waals surface area contributed by atoms with Crippen molar-refractivity contribution in [1.82, 2.24) is 14.9 Å². The molecule has 0 aliphatic carbocycles. The third kappa shape index (κ3) is 2.54. The van der Waals surface area contributed by atoms with E-state index in [1.54, 1.807) is 0 Å². The molecule has 1 aromatic carbocycles. The summed E-state index contributed by atoms with van der Waals surface area (Å²) in [4.78, 5) is 4.47. The smallest absolute Gasteiger partial charge is 0.123 e. The average molecular weight is 259 g/mol. The maximum absolute atomic E-state index is 12.9. The molecule has 0 bridgehead atoms. The van der Waals surface area contributed by atoms with Gasteiger partial charge in [-0.25, -0.2) is 9.37 Å². The van der Waals surface area contributed by atoms with Gasteiger partial charge in [0.1, 0.15) is 5.82 Å². The van der Waals surface area contributed by atoms with Crippen LogP contribution in [-0.2, 0) is 19.4 Å². The Morgan fingerprint density at radius 3 is 2.95 bits per heavy atom. The lowest BCUT2D eigenvalue weighted by Crippen LogP contribution is -2.25. The van der Waals surface area contributed by atoms with Crippen LogP contribution in [0.15, 0.2) is 30.6 Å². The van der Waals surface area contributed by atoms with Crippen molar-refractivity contribution in [3.8, 4) is 0 Å². The average Bonchev–Trinajstić information content (AvgIpc) is 2.85. The molecule has 1 aliphatic rings. The molecular weight excluding hydrogens is 241 g/mol. The highest BCUT2D eigenvalue weighted by Crippen LogP contribution is 2.20. The summed E-state index contributed by atoms with van der Waals surface area (Å²) in [6, 6.07) is 7.11. The summed E-state index contributed by atoms with van der Waals surface area (Å²) in [5.41, 5.74) is 3.66. The zero-order valence-electron chi connectivity index (χ0n) is 11.1. The van der Waals surface area contributed by atoms with Gasteiger partial charge >= 0.3 is 0 Å². The Morgan fingerprint density at radius 2 is 2.16 bits per heavy atom. The van der Waals surface area contributed by atoms with Gasteiger partial charge in [-0.05, 0) is 31.0 Å². The minimum atomic E-state index is -0.178. The first-order chi connectivity index (χ1) is 9.24. The molecule has 1 atom stereocenters. The van der Waals surface area contributed by atoms with Crippen LogP contribution in [0.1, 0.15) is 29.9 Å². The molecular formula is C15H18FN3. The van der Waals surface area contributed by atoms with Crippen LogP contribution in [0.5, 0.6) is 0 Å². The predicted octanol–water partition coefficient (Wildman–Crippen LogP) is 2.47. The molecule has 0 amide bonds. The Hall–Kier alpha value is -1.68. The Labute approximate surface area is 112 Å². The number of imidazole rings is 1. The molecule has 0 saturated carbocycles. The van der Waals surface area contributed by atoms with Gasteiger partial charge in [0.25, 0.3) is 0 Å². The van der Waals surface area contributed by atoms with Crippen LogP contribution in [0.25, 0.3) is 0 Å². The highest BCUT2D eigenvalue weighted by Gasteiger charge is 2.17. The lowest BCUT2D eigenvalue weighted by atomic mass is 10.1. The maximum atomic E-state index is 12.9. The van der Waals surface area contributed by atoms with Crippen LogP contribution in [0.2, 0.25) is 0 Å². The summed E-state index contributed by atoms with van der Waals surface area (Å²) < 4.78 is 15.2. The fraction of sp³-hybridized carbons (Fsp3) is 0.400. The first kappa shape index (κ1) is 12.4. The van der Waals surface area contributed by atoms with E-state index in [2.05, 4.69) is 21.8 Å². The standard InChI is InChI=1S/C15H18FN3/c1-11(8-12-2-4-13(16)5-3-12)19-10-18-14-9-17-7-6-15(14)19/h2-5,10-11,17H,6-9H2,1H3. The Bertz CT molecular complexity index is 559. The van der Waals surface area contributed by atoms with Crippen LogP contribution in [0.3, 0.4) is 0 Å². The Kier molecular flexibility index (Phi) is 3.34. The second kappa shape index (κ2) is 5.13. The Morgan fingerprint density at radius 1 is 1.37 bits per heavy atom. The second-order valence-electron chi connectivity index (χ2n) is 5.15. The number of aromatic nitrogens is 2. The Balaban J connectivity index is 1.78. The maximum Gasteiger partial charge on any atom is 0.123 e. The molecule has 2 heterocycles. The van der Waals surface area contributed by atoms with Crippen LogP contribution < -0.4 is 5.32 Å². The van der Waals surface area contributed by atoms with Gasteiger partial charge in [0.05, 0.1) is 12.0 Å². The van der Waals surface area contributed by atoms with Crippen molar-refractivity contribution in [1.29, 1.82) is 0 Å². The van der Waals surface area contributed by atoms with Gasteiger partial charge in [-0.3, -0.25) is 0 Å². The lowest BCUT2D eigenvalue weighted by molar-refractivity contribution is 0.506. The number of benzene rings is 1. The molecule has 0 fully saturated rings. The van der Waals surface area contributed by atoms with Gasteiger partial charge < -0.3 is 9.88 Å². The summed E-state index contributed by atoms with van der Waals surface area (Å²) >= 11 is 0. The number of halogens is 1. The van der Waals surface area contributed by atoms with Crippen LogP contribution in [0.4, 0.5) is 4.39 Å². The van der Waals surface area contributed by atoms with Crippen LogP contribution >= 0.6 is 0 Å². The zero-order chi connectivity index (χ0) is 13.2. The van der Waals surface area contributed by atoms with Gasteiger partial charge in [0.15, 0.2) is 0 Å². The fourth-order valence-corrected chi connectivity index (χ4v) is 2.70. The van der Waals surface area contributed by atoms with Gasteiger partial charge in [0.2, 0.25) is 0 Å². The molecule has 0 radical (unpaired) electrons. The highest BCUT2D eigenvalue weighted by atomic mass is 19.1. The van der Waals surface area contributed by atoms with Crippen molar-refractivity contribution in [3.63, 3.8) is 0 Å². The van der Waals surface area contributed by atoms with E-state index >= 15 is 0 Å². The second-order valence-corrected chi connectivity index (χ2v) is 5.15. The number of hydrogen-bond acceptors (Lipinski definition) is 2. The van der Waals surface area contributed by atoms with E-state index in [0.29, 0.717) is 6.04 Å². The molecule has 3 nitrogen and oxygen atoms in total. The molecule has 0 saturated heterocycles. The number of nitrogens with zero attached hydrogens (tertiary/aromatic N) is 2. The van der Waals surface area contributed by atoms with Crippen molar-refractivity contribution in [3.05, 3.63) is 53.4 Å². The minimum absolute atomic E-state index is 0.178. The molecule has 1 N–H and O–H groups in total. The first-order valence-electron chi connectivity index (χ1n) is 6.74. The fourth-order valence-electron chi connectivity index (χ4n) is 2.70. The van der Waals surface area contributed by atoms with Gasteiger partial charge in [0, 0.05) is 31.2 Å².